The highest BCUT2D eigenvalue weighted by atomic mass is 16.6. The van der Waals surface area contributed by atoms with Crippen LogP contribution in [-0.4, -0.2) is 53.9 Å². The van der Waals surface area contributed by atoms with Gasteiger partial charge in [0.15, 0.2) is 0 Å². The van der Waals surface area contributed by atoms with Crippen LogP contribution in [0.15, 0.2) is 0 Å². The highest BCUT2D eigenvalue weighted by Crippen LogP contribution is 2.17. The van der Waals surface area contributed by atoms with E-state index in [9.17, 15) is 0 Å². The Balaban J connectivity index is 2.17. The first-order valence-corrected chi connectivity index (χ1v) is 7.26. The van der Waals surface area contributed by atoms with Crippen LogP contribution in [0, 0.1) is 0 Å². The van der Waals surface area contributed by atoms with Gasteiger partial charge in [0.2, 0.25) is 11.9 Å². The van der Waals surface area contributed by atoms with Crippen molar-refractivity contribution in [3.63, 3.8) is 0 Å². The number of aromatic nitrogens is 3. The molecule has 0 radical (unpaired) electrons. The lowest BCUT2D eigenvalue weighted by atomic mass is 10.3. The first kappa shape index (κ1) is 14.8. The summed E-state index contributed by atoms with van der Waals surface area (Å²) >= 11 is 0. The third-order valence-corrected chi connectivity index (χ3v) is 3.06. The Labute approximate surface area is 119 Å². The predicted molar refractivity (Wildman–Crippen MR) is 77.4 cm³/mol. The van der Waals surface area contributed by atoms with Crippen LogP contribution in [-0.2, 0) is 4.74 Å². The van der Waals surface area contributed by atoms with E-state index in [2.05, 4.69) is 45.9 Å². The first-order chi connectivity index (χ1) is 9.76. The lowest BCUT2D eigenvalue weighted by molar-refractivity contribution is -0.0831. The molecule has 2 rings (SSSR count). The van der Waals surface area contributed by atoms with Crippen molar-refractivity contribution in [1.82, 2.24) is 15.0 Å². The normalized spacial score (nSPS) is 14.8. The van der Waals surface area contributed by atoms with Crippen molar-refractivity contribution < 1.29 is 9.47 Å². The summed E-state index contributed by atoms with van der Waals surface area (Å²) in [5.74, 6) is 1.22. The van der Waals surface area contributed by atoms with Gasteiger partial charge in [0.25, 0.3) is 0 Å². The molecule has 1 aliphatic heterocycles. The van der Waals surface area contributed by atoms with Crippen LogP contribution in [0.2, 0.25) is 0 Å². The second-order valence-electron chi connectivity index (χ2n) is 4.62. The zero-order valence-electron chi connectivity index (χ0n) is 12.4. The molecule has 0 unspecified atom stereocenters. The monoisotopic (exact) mass is 281 g/mol. The molecule has 0 amide bonds. The maximum atomic E-state index is 5.70. The fraction of sp³-hybridized carbons (Fsp3) is 0.769. The summed E-state index contributed by atoms with van der Waals surface area (Å²) in [7, 11) is 0. The number of ether oxygens (including phenoxy) is 2. The number of anilines is 2. The van der Waals surface area contributed by atoms with E-state index >= 15 is 0 Å². The quantitative estimate of drug-likeness (QED) is 0.770. The third kappa shape index (κ3) is 3.69. The van der Waals surface area contributed by atoms with Crippen LogP contribution < -0.4 is 15.0 Å². The number of hydrogen-bond donors (Lipinski definition) is 1. The minimum atomic E-state index is 0.0565. The SMILES string of the molecule is CCCNc1nc(OC2COC2)nc(N(CC)CC)n1. The zero-order chi connectivity index (χ0) is 14.4. The van der Waals surface area contributed by atoms with Gasteiger partial charge in [-0.25, -0.2) is 0 Å². The lowest BCUT2D eigenvalue weighted by Crippen LogP contribution is -2.39. The van der Waals surface area contributed by atoms with Crippen LogP contribution in [0.3, 0.4) is 0 Å². The molecular weight excluding hydrogens is 258 g/mol. The van der Waals surface area contributed by atoms with E-state index in [1.54, 1.807) is 0 Å². The zero-order valence-corrected chi connectivity index (χ0v) is 12.4. The summed E-state index contributed by atoms with van der Waals surface area (Å²) < 4.78 is 10.8. The van der Waals surface area contributed by atoms with Crippen molar-refractivity contribution in [1.29, 1.82) is 0 Å². The predicted octanol–water partition coefficient (Wildman–Crippen LogP) is 1.32. The van der Waals surface area contributed by atoms with Crippen molar-refractivity contribution in [3.05, 3.63) is 0 Å². The molecule has 1 saturated heterocycles. The summed E-state index contributed by atoms with van der Waals surface area (Å²) in [6, 6.07) is 0.369. The van der Waals surface area contributed by atoms with Gasteiger partial charge in [-0.1, -0.05) is 6.92 Å². The molecular formula is C13H23N5O2. The van der Waals surface area contributed by atoms with Crippen LogP contribution in [0.4, 0.5) is 11.9 Å². The molecule has 0 aromatic carbocycles. The van der Waals surface area contributed by atoms with Gasteiger partial charge in [-0.15, -0.1) is 0 Å². The molecule has 20 heavy (non-hydrogen) atoms. The molecule has 1 fully saturated rings. The molecule has 7 heteroatoms. The maximum absolute atomic E-state index is 5.70. The van der Waals surface area contributed by atoms with Gasteiger partial charge in [-0.2, -0.15) is 15.0 Å². The molecule has 7 nitrogen and oxygen atoms in total. The Hall–Kier alpha value is -1.63. The topological polar surface area (TPSA) is 72.4 Å². The highest BCUT2D eigenvalue weighted by molar-refractivity contribution is 5.38. The minimum absolute atomic E-state index is 0.0565. The molecule has 0 bridgehead atoms. The van der Waals surface area contributed by atoms with E-state index in [-0.39, 0.29) is 6.10 Å². The van der Waals surface area contributed by atoms with Crippen LogP contribution in [0.25, 0.3) is 0 Å². The van der Waals surface area contributed by atoms with Gasteiger partial charge in [0.1, 0.15) is 6.10 Å². The molecule has 1 aromatic rings. The average molecular weight is 281 g/mol. The Kier molecular flexibility index (Phi) is 5.34. The molecule has 1 N–H and O–H groups in total. The Morgan fingerprint density at radius 3 is 2.50 bits per heavy atom. The van der Waals surface area contributed by atoms with Crippen molar-refractivity contribution in [3.8, 4) is 6.01 Å². The van der Waals surface area contributed by atoms with E-state index in [0.29, 0.717) is 31.1 Å². The summed E-state index contributed by atoms with van der Waals surface area (Å²) in [4.78, 5) is 15.2. The van der Waals surface area contributed by atoms with E-state index in [1.807, 2.05) is 0 Å². The number of nitrogens with one attached hydrogen (secondary N) is 1. The van der Waals surface area contributed by atoms with Crippen LogP contribution in [0.1, 0.15) is 27.2 Å². The Morgan fingerprint density at radius 2 is 1.95 bits per heavy atom. The second kappa shape index (κ2) is 7.23. The summed E-state index contributed by atoms with van der Waals surface area (Å²) in [6.45, 7) is 9.98. The van der Waals surface area contributed by atoms with Crippen LogP contribution >= 0.6 is 0 Å². The van der Waals surface area contributed by atoms with Gasteiger partial charge >= 0.3 is 6.01 Å². The van der Waals surface area contributed by atoms with Crippen molar-refractivity contribution in [2.75, 3.05) is 43.1 Å². The second-order valence-corrected chi connectivity index (χ2v) is 4.62. The van der Waals surface area contributed by atoms with Gasteiger partial charge in [-0.05, 0) is 20.3 Å². The number of nitrogens with zero attached hydrogens (tertiary/aromatic N) is 4. The Morgan fingerprint density at radius 1 is 1.20 bits per heavy atom. The minimum Gasteiger partial charge on any atom is -0.455 e. The van der Waals surface area contributed by atoms with E-state index in [0.717, 1.165) is 26.1 Å². The van der Waals surface area contributed by atoms with E-state index in [1.165, 1.54) is 0 Å². The molecule has 1 aromatic heterocycles. The fourth-order valence-electron chi connectivity index (χ4n) is 1.79. The maximum Gasteiger partial charge on any atom is 0.323 e. The van der Waals surface area contributed by atoms with E-state index in [4.69, 9.17) is 9.47 Å². The molecule has 0 atom stereocenters. The molecule has 0 aliphatic carbocycles. The fourth-order valence-corrected chi connectivity index (χ4v) is 1.79. The van der Waals surface area contributed by atoms with Crippen molar-refractivity contribution >= 4 is 11.9 Å². The standard InChI is InChI=1S/C13H23N5O2/c1-4-7-14-11-15-12(18(5-2)6-3)17-13(16-11)20-10-8-19-9-10/h10H,4-9H2,1-3H3,(H,14,15,16,17). The largest absolute Gasteiger partial charge is 0.455 e. The molecule has 0 saturated carbocycles. The number of hydrogen-bond acceptors (Lipinski definition) is 7. The average Bonchev–Trinajstić information content (AvgIpc) is 2.42. The highest BCUT2D eigenvalue weighted by Gasteiger charge is 2.22. The first-order valence-electron chi connectivity index (χ1n) is 7.26. The third-order valence-electron chi connectivity index (χ3n) is 3.06. The van der Waals surface area contributed by atoms with Crippen molar-refractivity contribution in [2.24, 2.45) is 0 Å². The molecule has 1 aliphatic rings. The van der Waals surface area contributed by atoms with E-state index < -0.39 is 0 Å². The molecule has 2 heterocycles. The smallest absolute Gasteiger partial charge is 0.323 e. The lowest BCUT2D eigenvalue weighted by Gasteiger charge is -2.26. The summed E-state index contributed by atoms with van der Waals surface area (Å²) in [6.07, 6.45) is 1.07. The molecule has 0 spiro atoms. The van der Waals surface area contributed by atoms with Gasteiger partial charge in [-0.3, -0.25) is 0 Å². The van der Waals surface area contributed by atoms with Crippen molar-refractivity contribution in [2.45, 2.75) is 33.3 Å². The van der Waals surface area contributed by atoms with Gasteiger partial charge in [0, 0.05) is 19.6 Å². The van der Waals surface area contributed by atoms with Gasteiger partial charge < -0.3 is 19.7 Å². The molecule has 112 valence electrons. The Bertz CT molecular complexity index is 421. The van der Waals surface area contributed by atoms with Crippen LogP contribution in [0.5, 0.6) is 6.01 Å². The number of rotatable bonds is 8. The summed E-state index contributed by atoms with van der Waals surface area (Å²) in [5.41, 5.74) is 0. The van der Waals surface area contributed by atoms with Gasteiger partial charge in [0.05, 0.1) is 13.2 Å². The summed E-state index contributed by atoms with van der Waals surface area (Å²) in [5, 5.41) is 3.19.